The van der Waals surface area contributed by atoms with E-state index < -0.39 is 7.14 Å². The molecule has 1 unspecified atom stereocenters. The highest BCUT2D eigenvalue weighted by atomic mass is 31.2. The quantitative estimate of drug-likeness (QED) is 0.264. The van der Waals surface area contributed by atoms with Crippen LogP contribution < -0.4 is 15.9 Å². The molecule has 7 aromatic rings. The molecule has 0 bridgehead atoms. The van der Waals surface area contributed by atoms with E-state index in [9.17, 15) is 0 Å². The summed E-state index contributed by atoms with van der Waals surface area (Å²) in [6, 6.07) is 38.7. The van der Waals surface area contributed by atoms with E-state index in [1.807, 2.05) is 91.1 Å². The van der Waals surface area contributed by atoms with Crippen molar-refractivity contribution in [2.75, 3.05) is 0 Å². The first-order chi connectivity index (χ1) is 18.2. The van der Waals surface area contributed by atoms with Gasteiger partial charge < -0.3 is 4.57 Å². The summed E-state index contributed by atoms with van der Waals surface area (Å²) < 4.78 is 17.2. The molecule has 0 amide bonds. The van der Waals surface area contributed by atoms with Crippen molar-refractivity contribution in [1.82, 2.24) is 14.5 Å². The van der Waals surface area contributed by atoms with E-state index >= 15 is 4.57 Å². The van der Waals surface area contributed by atoms with Crippen LogP contribution in [0.25, 0.3) is 49.8 Å². The van der Waals surface area contributed by atoms with Crippen molar-refractivity contribution in [2.24, 2.45) is 0 Å². The van der Waals surface area contributed by atoms with E-state index in [0.717, 1.165) is 59.7 Å². The van der Waals surface area contributed by atoms with Gasteiger partial charge in [0.15, 0.2) is 7.14 Å². The standard InChI is InChI=1S/C32H20N3OP/c36-37(22-11-2-1-3-12-22)30-17-9-6-14-24(30)26-18-29-25(19-31(26)37)23-13-5-8-16-28(23)35(29)32-33-20-21-10-4-7-15-27(21)34-32/h1-20H. The van der Waals surface area contributed by atoms with Crippen LogP contribution in [0, 0.1) is 0 Å². The monoisotopic (exact) mass is 493 g/mol. The lowest BCUT2D eigenvalue weighted by atomic mass is 10.0. The third kappa shape index (κ3) is 2.76. The van der Waals surface area contributed by atoms with Gasteiger partial charge in [-0.15, -0.1) is 0 Å². The molecule has 4 nitrogen and oxygen atoms in total. The molecule has 8 rings (SSSR count). The topological polar surface area (TPSA) is 47.8 Å². The van der Waals surface area contributed by atoms with E-state index in [4.69, 9.17) is 9.97 Å². The maximum atomic E-state index is 15.0. The number of nitrogens with zero attached hydrogens (tertiary/aromatic N) is 3. The molecule has 0 saturated heterocycles. The number of hydrogen-bond acceptors (Lipinski definition) is 3. The van der Waals surface area contributed by atoms with Gasteiger partial charge in [-0.1, -0.05) is 91.0 Å². The fourth-order valence-electron chi connectivity index (χ4n) is 5.79. The summed E-state index contributed by atoms with van der Waals surface area (Å²) in [6.07, 6.45) is 1.88. The number of fused-ring (bicyclic) bond motifs is 7. The van der Waals surface area contributed by atoms with Gasteiger partial charge in [0.05, 0.1) is 16.6 Å². The van der Waals surface area contributed by atoms with Crippen LogP contribution in [0.2, 0.25) is 0 Å². The molecule has 0 saturated carbocycles. The Bertz CT molecular complexity index is 2080. The zero-order chi connectivity index (χ0) is 24.6. The van der Waals surface area contributed by atoms with E-state index in [1.165, 1.54) is 0 Å². The van der Waals surface area contributed by atoms with Crippen LogP contribution in [-0.2, 0) is 4.57 Å². The maximum Gasteiger partial charge on any atom is 0.235 e. The second-order valence-electron chi connectivity index (χ2n) is 9.43. The van der Waals surface area contributed by atoms with Crippen molar-refractivity contribution < 1.29 is 4.57 Å². The van der Waals surface area contributed by atoms with Gasteiger partial charge in [-0.05, 0) is 35.4 Å². The smallest absolute Gasteiger partial charge is 0.235 e. The highest BCUT2D eigenvalue weighted by Crippen LogP contribution is 2.53. The molecule has 1 aliphatic rings. The minimum Gasteiger partial charge on any atom is -0.309 e. The Labute approximate surface area is 213 Å². The number of hydrogen-bond donors (Lipinski definition) is 0. The van der Waals surface area contributed by atoms with Gasteiger partial charge in [0.2, 0.25) is 5.95 Å². The molecule has 174 valence electrons. The summed E-state index contributed by atoms with van der Waals surface area (Å²) in [6.45, 7) is 0. The second kappa shape index (κ2) is 7.49. The van der Waals surface area contributed by atoms with Crippen molar-refractivity contribution in [3.05, 3.63) is 121 Å². The second-order valence-corrected chi connectivity index (χ2v) is 12.1. The average Bonchev–Trinajstić information content (AvgIpc) is 3.42. The van der Waals surface area contributed by atoms with Crippen molar-refractivity contribution in [3.63, 3.8) is 0 Å². The van der Waals surface area contributed by atoms with Gasteiger partial charge in [0.1, 0.15) is 0 Å². The van der Waals surface area contributed by atoms with Crippen molar-refractivity contribution in [1.29, 1.82) is 0 Å². The van der Waals surface area contributed by atoms with Crippen LogP contribution in [0.1, 0.15) is 0 Å². The van der Waals surface area contributed by atoms with Gasteiger partial charge in [-0.3, -0.25) is 4.57 Å². The molecule has 5 heteroatoms. The highest BCUT2D eigenvalue weighted by molar-refractivity contribution is 7.86. The molecule has 0 radical (unpaired) electrons. The lowest BCUT2D eigenvalue weighted by Crippen LogP contribution is -2.20. The number of rotatable bonds is 2. The summed E-state index contributed by atoms with van der Waals surface area (Å²) in [5.74, 6) is 0.627. The normalized spacial score (nSPS) is 16.3. The predicted octanol–water partition coefficient (Wildman–Crippen LogP) is 6.35. The van der Waals surface area contributed by atoms with Gasteiger partial charge >= 0.3 is 0 Å². The summed E-state index contributed by atoms with van der Waals surface area (Å²) in [4.78, 5) is 9.69. The molecular weight excluding hydrogens is 473 g/mol. The van der Waals surface area contributed by atoms with Gasteiger partial charge in [0.25, 0.3) is 0 Å². The van der Waals surface area contributed by atoms with Crippen LogP contribution >= 0.6 is 7.14 Å². The SMILES string of the molecule is O=P1(c2ccccc2)c2ccccc2-c2cc3c(cc21)c1ccccc1n3-c1ncc2ccccc2n1. The molecule has 2 aromatic heterocycles. The Balaban J connectivity index is 1.50. The summed E-state index contributed by atoms with van der Waals surface area (Å²) in [5.41, 5.74) is 4.98. The molecule has 0 fully saturated rings. The van der Waals surface area contributed by atoms with E-state index in [1.54, 1.807) is 0 Å². The first kappa shape index (κ1) is 20.6. The molecule has 0 aliphatic carbocycles. The Kier molecular flexibility index (Phi) is 4.18. The van der Waals surface area contributed by atoms with Gasteiger partial charge in [-0.25, -0.2) is 9.97 Å². The summed E-state index contributed by atoms with van der Waals surface area (Å²) in [5, 5.41) is 5.81. The Morgan fingerprint density at radius 1 is 0.622 bits per heavy atom. The lowest BCUT2D eigenvalue weighted by Gasteiger charge is -2.16. The minimum absolute atomic E-state index is 0.627. The third-order valence-corrected chi connectivity index (χ3v) is 10.6. The molecule has 0 N–H and O–H groups in total. The third-order valence-electron chi connectivity index (χ3n) is 7.46. The highest BCUT2D eigenvalue weighted by Gasteiger charge is 2.40. The minimum atomic E-state index is -3.02. The predicted molar refractivity (Wildman–Crippen MR) is 152 cm³/mol. The largest absolute Gasteiger partial charge is 0.309 e. The average molecular weight is 494 g/mol. The molecule has 1 aliphatic heterocycles. The first-order valence-electron chi connectivity index (χ1n) is 12.3. The molecule has 5 aromatic carbocycles. The van der Waals surface area contributed by atoms with Crippen LogP contribution in [0.15, 0.2) is 121 Å². The van der Waals surface area contributed by atoms with Crippen molar-refractivity contribution >= 4 is 55.8 Å². The Morgan fingerprint density at radius 3 is 2.30 bits per heavy atom. The van der Waals surface area contributed by atoms with Gasteiger partial charge in [0, 0.05) is 38.3 Å². The lowest BCUT2D eigenvalue weighted by molar-refractivity contribution is 0.593. The zero-order valence-electron chi connectivity index (χ0n) is 19.7. The van der Waals surface area contributed by atoms with Crippen LogP contribution in [0.5, 0.6) is 0 Å². The van der Waals surface area contributed by atoms with Crippen LogP contribution in [-0.4, -0.2) is 14.5 Å². The number of aromatic nitrogens is 3. The zero-order valence-corrected chi connectivity index (χ0v) is 20.6. The molecule has 37 heavy (non-hydrogen) atoms. The van der Waals surface area contributed by atoms with Gasteiger partial charge in [-0.2, -0.15) is 0 Å². The summed E-state index contributed by atoms with van der Waals surface area (Å²) >= 11 is 0. The first-order valence-corrected chi connectivity index (χ1v) is 14.0. The van der Waals surface area contributed by atoms with E-state index in [0.29, 0.717) is 5.95 Å². The van der Waals surface area contributed by atoms with E-state index in [-0.39, 0.29) is 0 Å². The fourth-order valence-corrected chi connectivity index (χ4v) is 8.86. The summed E-state index contributed by atoms with van der Waals surface area (Å²) in [7, 11) is -3.02. The maximum absolute atomic E-state index is 15.0. The Hall–Kier alpha value is -4.53. The Morgan fingerprint density at radius 2 is 1.38 bits per heavy atom. The number of benzene rings is 5. The fraction of sp³-hybridized carbons (Fsp3) is 0. The molecule has 3 heterocycles. The van der Waals surface area contributed by atoms with Crippen LogP contribution in [0.4, 0.5) is 0 Å². The number of para-hydroxylation sites is 2. The molecular formula is C32H20N3OP. The molecule has 0 spiro atoms. The van der Waals surface area contributed by atoms with E-state index in [2.05, 4.69) is 34.9 Å². The van der Waals surface area contributed by atoms with Crippen molar-refractivity contribution in [3.8, 4) is 17.1 Å². The van der Waals surface area contributed by atoms with Crippen molar-refractivity contribution in [2.45, 2.75) is 0 Å². The molecule has 1 atom stereocenters. The van der Waals surface area contributed by atoms with Crippen LogP contribution in [0.3, 0.4) is 0 Å².